The largest absolute Gasteiger partial charge is 0.497 e. The van der Waals surface area contributed by atoms with E-state index in [1.54, 1.807) is 36.4 Å². The standard InChI is InChI=1S/C25H21N3O6S/c1-33-17-6-8-19(9-7-17)35(31,32)20-12-21(25(29)30)23(22(26)13-20)34-18-5-4-14-10-16(24(27)28)3-2-15(14)11-18/h2-13H,26H2,1H3,(H3,27,28)(H,29,30). The number of anilines is 1. The van der Waals surface area contributed by atoms with Gasteiger partial charge < -0.3 is 26.0 Å². The van der Waals surface area contributed by atoms with Gasteiger partial charge in [0.25, 0.3) is 0 Å². The number of sulfone groups is 1. The van der Waals surface area contributed by atoms with E-state index < -0.39 is 21.4 Å². The summed E-state index contributed by atoms with van der Waals surface area (Å²) >= 11 is 0. The van der Waals surface area contributed by atoms with E-state index in [9.17, 15) is 18.3 Å². The molecule has 10 heteroatoms. The van der Waals surface area contributed by atoms with E-state index in [4.69, 9.17) is 26.4 Å². The molecule has 0 unspecified atom stereocenters. The van der Waals surface area contributed by atoms with Gasteiger partial charge in [0.15, 0.2) is 5.75 Å². The molecule has 9 nitrogen and oxygen atoms in total. The molecule has 0 amide bonds. The molecule has 0 aliphatic rings. The normalized spacial score (nSPS) is 11.2. The molecule has 4 aromatic carbocycles. The van der Waals surface area contributed by atoms with Gasteiger partial charge in [-0.3, -0.25) is 5.41 Å². The SMILES string of the molecule is COc1ccc(S(=O)(=O)c2cc(N)c(Oc3ccc4cc(C(=N)N)ccc4c3)c(C(=O)O)c2)cc1. The third-order valence-electron chi connectivity index (χ3n) is 5.34. The first-order valence-corrected chi connectivity index (χ1v) is 11.7. The monoisotopic (exact) mass is 491 g/mol. The Bertz CT molecular complexity index is 1580. The fraction of sp³-hybridized carbons (Fsp3) is 0.0400. The van der Waals surface area contributed by atoms with E-state index in [1.165, 1.54) is 37.4 Å². The highest BCUT2D eigenvalue weighted by atomic mass is 32.2. The van der Waals surface area contributed by atoms with Crippen molar-refractivity contribution >= 4 is 38.1 Å². The number of benzene rings is 4. The Morgan fingerprint density at radius 3 is 2.14 bits per heavy atom. The molecule has 6 N–H and O–H groups in total. The van der Waals surface area contributed by atoms with Gasteiger partial charge in [0.1, 0.15) is 22.9 Å². The summed E-state index contributed by atoms with van der Waals surface area (Å²) in [4.78, 5) is 11.7. The summed E-state index contributed by atoms with van der Waals surface area (Å²) in [6.45, 7) is 0. The Balaban J connectivity index is 1.74. The molecule has 0 saturated carbocycles. The molecule has 0 saturated heterocycles. The molecular formula is C25H21N3O6S. The van der Waals surface area contributed by atoms with Gasteiger partial charge in [-0.05, 0) is 65.4 Å². The van der Waals surface area contributed by atoms with Gasteiger partial charge in [-0.25, -0.2) is 13.2 Å². The lowest BCUT2D eigenvalue weighted by molar-refractivity contribution is 0.0694. The van der Waals surface area contributed by atoms with Crippen molar-refractivity contribution in [3.8, 4) is 17.2 Å². The second kappa shape index (κ2) is 8.99. The Kier molecular flexibility index (Phi) is 6.06. The molecule has 178 valence electrons. The zero-order valence-corrected chi connectivity index (χ0v) is 19.3. The molecule has 0 spiro atoms. The van der Waals surface area contributed by atoms with Gasteiger partial charge in [-0.1, -0.05) is 18.2 Å². The molecule has 0 radical (unpaired) electrons. The van der Waals surface area contributed by atoms with Gasteiger partial charge in [0, 0.05) is 5.56 Å². The van der Waals surface area contributed by atoms with E-state index in [-0.39, 0.29) is 27.1 Å². The molecule has 0 aliphatic carbocycles. The Labute approximate surface area is 200 Å². The third kappa shape index (κ3) is 4.59. The second-order valence-electron chi connectivity index (χ2n) is 7.61. The molecule has 0 aromatic heterocycles. The molecule has 0 atom stereocenters. The van der Waals surface area contributed by atoms with Crippen molar-refractivity contribution in [2.24, 2.45) is 5.73 Å². The first kappa shape index (κ1) is 23.6. The predicted molar refractivity (Wildman–Crippen MR) is 131 cm³/mol. The summed E-state index contributed by atoms with van der Waals surface area (Å²) in [6, 6.07) is 18.1. The molecular weight excluding hydrogens is 470 g/mol. The van der Waals surface area contributed by atoms with Crippen molar-refractivity contribution in [3.63, 3.8) is 0 Å². The quantitative estimate of drug-likeness (QED) is 0.171. The molecule has 4 rings (SSSR count). The first-order valence-electron chi connectivity index (χ1n) is 10.2. The summed E-state index contributed by atoms with van der Waals surface area (Å²) in [6.07, 6.45) is 0. The highest BCUT2D eigenvalue weighted by Gasteiger charge is 2.25. The van der Waals surface area contributed by atoms with Crippen LogP contribution in [0.1, 0.15) is 15.9 Å². The van der Waals surface area contributed by atoms with E-state index in [0.717, 1.165) is 16.8 Å². The molecule has 0 bridgehead atoms. The second-order valence-corrected chi connectivity index (χ2v) is 9.56. The number of nitrogens with one attached hydrogen (secondary N) is 1. The number of fused-ring (bicyclic) bond motifs is 1. The maximum atomic E-state index is 13.1. The lowest BCUT2D eigenvalue weighted by Gasteiger charge is -2.15. The van der Waals surface area contributed by atoms with Gasteiger partial charge >= 0.3 is 5.97 Å². The molecule has 4 aromatic rings. The number of carboxylic acid groups (broad SMARTS) is 1. The highest BCUT2D eigenvalue weighted by molar-refractivity contribution is 7.91. The molecule has 0 aliphatic heterocycles. The van der Waals surface area contributed by atoms with Gasteiger partial charge in [0.05, 0.1) is 22.6 Å². The number of carbonyl (C=O) groups is 1. The lowest BCUT2D eigenvalue weighted by atomic mass is 10.1. The van der Waals surface area contributed by atoms with Crippen LogP contribution in [-0.2, 0) is 9.84 Å². The highest BCUT2D eigenvalue weighted by Crippen LogP contribution is 2.37. The summed E-state index contributed by atoms with van der Waals surface area (Å²) in [7, 11) is -2.59. The fourth-order valence-corrected chi connectivity index (χ4v) is 4.84. The Hall–Kier alpha value is -4.57. The summed E-state index contributed by atoms with van der Waals surface area (Å²) < 4.78 is 37.1. The van der Waals surface area contributed by atoms with Crippen LogP contribution in [0.15, 0.2) is 82.6 Å². The van der Waals surface area contributed by atoms with E-state index >= 15 is 0 Å². The first-order chi connectivity index (χ1) is 16.6. The number of methoxy groups -OCH3 is 1. The number of hydrogen-bond acceptors (Lipinski definition) is 7. The number of nitrogens with two attached hydrogens (primary N) is 2. The summed E-state index contributed by atoms with van der Waals surface area (Å²) in [5.41, 5.74) is 11.6. The van der Waals surface area contributed by atoms with E-state index in [0.29, 0.717) is 17.1 Å². The van der Waals surface area contributed by atoms with Crippen molar-refractivity contribution in [1.82, 2.24) is 0 Å². The van der Waals surface area contributed by atoms with Crippen LogP contribution >= 0.6 is 0 Å². The maximum Gasteiger partial charge on any atom is 0.339 e. The van der Waals surface area contributed by atoms with E-state index in [2.05, 4.69) is 0 Å². The van der Waals surface area contributed by atoms with Crippen LogP contribution in [0.25, 0.3) is 10.8 Å². The van der Waals surface area contributed by atoms with Crippen molar-refractivity contribution in [2.75, 3.05) is 12.8 Å². The van der Waals surface area contributed by atoms with Crippen LogP contribution < -0.4 is 20.9 Å². The molecule has 0 heterocycles. The van der Waals surface area contributed by atoms with Gasteiger partial charge in [0.2, 0.25) is 9.84 Å². The van der Waals surface area contributed by atoms with Crippen LogP contribution in [0, 0.1) is 5.41 Å². The zero-order chi connectivity index (χ0) is 25.3. The maximum absolute atomic E-state index is 13.1. The number of rotatable bonds is 7. The van der Waals surface area contributed by atoms with Crippen molar-refractivity contribution in [1.29, 1.82) is 5.41 Å². The van der Waals surface area contributed by atoms with Gasteiger partial charge in [-0.2, -0.15) is 0 Å². The van der Waals surface area contributed by atoms with Gasteiger partial charge in [-0.15, -0.1) is 0 Å². The van der Waals surface area contributed by atoms with E-state index in [1.807, 2.05) is 0 Å². The Morgan fingerprint density at radius 1 is 0.886 bits per heavy atom. The number of nitrogen functional groups attached to an aromatic ring is 2. The number of hydrogen-bond donors (Lipinski definition) is 4. The molecule has 35 heavy (non-hydrogen) atoms. The van der Waals surface area contributed by atoms with Crippen LogP contribution in [0.2, 0.25) is 0 Å². The van der Waals surface area contributed by atoms with Crippen LogP contribution in [0.3, 0.4) is 0 Å². The predicted octanol–water partition coefficient (Wildman–Crippen LogP) is 4.04. The Morgan fingerprint density at radius 2 is 1.51 bits per heavy atom. The average Bonchev–Trinajstić information content (AvgIpc) is 2.84. The van der Waals surface area contributed by atoms with Crippen LogP contribution in [0.5, 0.6) is 17.2 Å². The van der Waals surface area contributed by atoms with Crippen LogP contribution in [0.4, 0.5) is 5.69 Å². The lowest BCUT2D eigenvalue weighted by Crippen LogP contribution is -2.10. The number of aromatic carboxylic acids is 1. The van der Waals surface area contributed by atoms with Crippen LogP contribution in [-0.4, -0.2) is 32.4 Å². The van der Waals surface area contributed by atoms with Crippen molar-refractivity contribution < 1.29 is 27.8 Å². The average molecular weight is 492 g/mol. The van der Waals surface area contributed by atoms with Crippen molar-refractivity contribution in [3.05, 3.63) is 83.9 Å². The number of carboxylic acids is 1. The van der Waals surface area contributed by atoms with Crippen molar-refractivity contribution in [2.45, 2.75) is 9.79 Å². The minimum Gasteiger partial charge on any atom is -0.497 e. The summed E-state index contributed by atoms with van der Waals surface area (Å²) in [5, 5.41) is 18.9. The smallest absolute Gasteiger partial charge is 0.339 e. The topological polar surface area (TPSA) is 166 Å². The molecule has 0 fully saturated rings. The zero-order valence-electron chi connectivity index (χ0n) is 18.5. The number of ether oxygens (including phenoxy) is 2. The minimum absolute atomic E-state index is 0.0397. The fourth-order valence-electron chi connectivity index (χ4n) is 3.52. The minimum atomic E-state index is -4.05. The number of amidine groups is 1. The summed E-state index contributed by atoms with van der Waals surface area (Å²) in [5.74, 6) is -0.855. The third-order valence-corrected chi connectivity index (χ3v) is 7.09.